The summed E-state index contributed by atoms with van der Waals surface area (Å²) in [5, 5.41) is 13.9. The molecule has 0 aliphatic carbocycles. The third kappa shape index (κ3) is 55.9. The average Bonchev–Trinajstić information content (AvgIpc) is 3.34. The number of amides is 1. The molecule has 0 saturated heterocycles. The number of aliphatic hydroxyl groups excluding tert-OH is 1. The first-order valence-electron chi connectivity index (χ1n) is 30.7. The Bertz CT molecular complexity index is 1360. The van der Waals surface area contributed by atoms with E-state index in [-0.39, 0.29) is 12.5 Å². The Balaban J connectivity index is 4.19. The van der Waals surface area contributed by atoms with Gasteiger partial charge in [-0.15, -0.1) is 0 Å². The van der Waals surface area contributed by atoms with E-state index in [0.29, 0.717) is 17.4 Å². The average molecular weight is 1030 g/mol. The maximum atomic E-state index is 12.9. The van der Waals surface area contributed by atoms with Crippen LogP contribution < -0.4 is 10.2 Å². The fourth-order valence-electron chi connectivity index (χ4n) is 8.86. The predicted molar refractivity (Wildman–Crippen MR) is 311 cm³/mol. The highest BCUT2D eigenvalue weighted by molar-refractivity contribution is 7.45. The predicted octanol–water partition coefficient (Wildman–Crippen LogP) is 18.2. The first kappa shape index (κ1) is 70.2. The summed E-state index contributed by atoms with van der Waals surface area (Å²) in [6.07, 6.45) is 73.2. The Hall–Kier alpha value is -1.80. The maximum Gasteiger partial charge on any atom is 0.268 e. The number of hydrogen-bond donors (Lipinski definition) is 2. The molecule has 0 aliphatic rings. The molecule has 8 nitrogen and oxygen atoms in total. The van der Waals surface area contributed by atoms with Crippen LogP contribution in [0, 0.1) is 0 Å². The molecule has 0 saturated carbocycles. The smallest absolute Gasteiger partial charge is 0.268 e. The van der Waals surface area contributed by atoms with E-state index in [1.165, 1.54) is 199 Å². The highest BCUT2D eigenvalue weighted by atomic mass is 31.2. The molecule has 0 spiro atoms. The molecular weight excluding hydrogens is 912 g/mol. The van der Waals surface area contributed by atoms with E-state index in [2.05, 4.69) is 67.8 Å². The molecule has 72 heavy (non-hydrogen) atoms. The van der Waals surface area contributed by atoms with E-state index in [4.69, 9.17) is 9.05 Å². The van der Waals surface area contributed by atoms with Gasteiger partial charge in [0.2, 0.25) is 5.91 Å². The van der Waals surface area contributed by atoms with Crippen molar-refractivity contribution in [2.75, 3.05) is 40.9 Å². The summed E-state index contributed by atoms with van der Waals surface area (Å²) in [5.74, 6) is -0.219. The fraction of sp³-hybridized carbons (Fsp3) is 0.825. The Morgan fingerprint density at radius 3 is 1.22 bits per heavy atom. The standard InChI is InChI=1S/C63H119N2O6P/c1-6-8-10-12-14-16-18-20-22-24-26-27-28-29-30-31-32-33-34-35-36-37-38-39-40-42-44-46-48-50-52-54-56-62(66)61(60-71-72(68,69)70-59-58-65(3,4)5)64-63(67)57-55-53-51-49-47-45-43-41-25-23-21-19-17-15-13-11-9-7-2/h17,19,23,25,39-40,46,48,54,56,61-62,66H,6-16,18,20-22,24,26-38,41-45,47,49-53,55,57-60H2,1-5H3,(H-,64,67,68,69)/b19-17-,25-23-,40-39+,48-46+,56-54+. The van der Waals surface area contributed by atoms with Gasteiger partial charge in [-0.1, -0.05) is 261 Å². The topological polar surface area (TPSA) is 108 Å². The Morgan fingerprint density at radius 1 is 0.486 bits per heavy atom. The first-order chi connectivity index (χ1) is 35.0. The van der Waals surface area contributed by atoms with Crippen molar-refractivity contribution in [1.82, 2.24) is 5.32 Å². The van der Waals surface area contributed by atoms with E-state index in [9.17, 15) is 19.4 Å². The second-order valence-corrected chi connectivity index (χ2v) is 23.4. The molecule has 422 valence electrons. The van der Waals surface area contributed by atoms with E-state index in [0.717, 1.165) is 64.2 Å². The number of nitrogens with one attached hydrogen (secondary N) is 1. The van der Waals surface area contributed by atoms with Crippen molar-refractivity contribution in [3.8, 4) is 0 Å². The zero-order valence-electron chi connectivity index (χ0n) is 48.1. The summed E-state index contributed by atoms with van der Waals surface area (Å²) in [4.78, 5) is 25.5. The van der Waals surface area contributed by atoms with Crippen molar-refractivity contribution < 1.29 is 32.9 Å². The summed E-state index contributed by atoms with van der Waals surface area (Å²) < 4.78 is 23.3. The van der Waals surface area contributed by atoms with E-state index in [1.807, 2.05) is 27.2 Å². The van der Waals surface area contributed by atoms with Crippen LogP contribution in [0.25, 0.3) is 0 Å². The lowest BCUT2D eigenvalue weighted by Gasteiger charge is -2.29. The SMILES string of the molecule is CCCCCC/C=C\C/C=C\CCCCCCCCCC(=O)NC(COP(=O)([O-])OCC[N+](C)(C)C)C(O)/C=C/CC/C=C/CC/C=C/CCCCCCCCCCCCCCCCCCCCCCCC. The number of quaternary nitrogens is 1. The molecule has 2 N–H and O–H groups in total. The number of rotatable bonds is 56. The van der Waals surface area contributed by atoms with Crippen LogP contribution in [0.3, 0.4) is 0 Å². The zero-order valence-corrected chi connectivity index (χ0v) is 49.0. The van der Waals surface area contributed by atoms with E-state index < -0.39 is 26.6 Å². The summed E-state index contributed by atoms with van der Waals surface area (Å²) in [7, 11) is 1.23. The molecule has 0 fully saturated rings. The highest BCUT2D eigenvalue weighted by Crippen LogP contribution is 2.38. The van der Waals surface area contributed by atoms with Gasteiger partial charge in [0.05, 0.1) is 39.9 Å². The molecule has 0 aliphatic heterocycles. The zero-order chi connectivity index (χ0) is 52.7. The number of phosphoric ester groups is 1. The second-order valence-electron chi connectivity index (χ2n) is 22.0. The van der Waals surface area contributed by atoms with Gasteiger partial charge in [-0.25, -0.2) is 0 Å². The molecule has 0 aromatic carbocycles. The minimum absolute atomic E-state index is 0.0124. The van der Waals surface area contributed by atoms with Crippen LogP contribution in [-0.2, 0) is 18.4 Å². The van der Waals surface area contributed by atoms with Crippen LogP contribution in [0.15, 0.2) is 60.8 Å². The fourth-order valence-corrected chi connectivity index (χ4v) is 9.59. The van der Waals surface area contributed by atoms with E-state index in [1.54, 1.807) is 6.08 Å². The lowest BCUT2D eigenvalue weighted by Crippen LogP contribution is -2.45. The van der Waals surface area contributed by atoms with Crippen molar-refractivity contribution in [3.63, 3.8) is 0 Å². The summed E-state index contributed by atoms with van der Waals surface area (Å²) in [6, 6.07) is -0.917. The van der Waals surface area contributed by atoms with Gasteiger partial charge in [0, 0.05) is 6.42 Å². The van der Waals surface area contributed by atoms with Gasteiger partial charge in [0.25, 0.3) is 7.82 Å². The van der Waals surface area contributed by atoms with Crippen LogP contribution in [0.4, 0.5) is 0 Å². The monoisotopic (exact) mass is 1030 g/mol. The maximum absolute atomic E-state index is 12.9. The second kappa shape index (κ2) is 54.0. The van der Waals surface area contributed by atoms with Crippen LogP contribution in [0.5, 0.6) is 0 Å². The van der Waals surface area contributed by atoms with Gasteiger partial charge >= 0.3 is 0 Å². The number of allylic oxidation sites excluding steroid dienone is 9. The summed E-state index contributed by atoms with van der Waals surface area (Å²) >= 11 is 0. The van der Waals surface area contributed by atoms with Crippen LogP contribution >= 0.6 is 7.82 Å². The Kier molecular flexibility index (Phi) is 52.7. The van der Waals surface area contributed by atoms with Gasteiger partial charge < -0.3 is 28.8 Å². The van der Waals surface area contributed by atoms with Gasteiger partial charge in [0.1, 0.15) is 13.2 Å². The van der Waals surface area contributed by atoms with Crippen molar-refractivity contribution in [2.45, 2.75) is 296 Å². The molecule has 3 unspecified atom stereocenters. The molecule has 0 heterocycles. The number of carbonyl (C=O) groups is 1. The normalized spacial score (nSPS) is 14.3. The van der Waals surface area contributed by atoms with Gasteiger partial charge in [-0.2, -0.15) is 0 Å². The van der Waals surface area contributed by atoms with Crippen molar-refractivity contribution in [1.29, 1.82) is 0 Å². The number of carbonyl (C=O) groups excluding carboxylic acids is 1. The first-order valence-corrected chi connectivity index (χ1v) is 32.1. The lowest BCUT2D eigenvalue weighted by molar-refractivity contribution is -0.870. The molecule has 0 aromatic rings. The van der Waals surface area contributed by atoms with Crippen molar-refractivity contribution in [3.05, 3.63) is 60.8 Å². The lowest BCUT2D eigenvalue weighted by atomic mass is 10.0. The third-order valence-electron chi connectivity index (χ3n) is 13.7. The largest absolute Gasteiger partial charge is 0.756 e. The quantitative estimate of drug-likeness (QED) is 0.0272. The molecule has 1 amide bonds. The van der Waals surface area contributed by atoms with Crippen molar-refractivity contribution >= 4 is 13.7 Å². The number of unbranched alkanes of at least 4 members (excludes halogenated alkanes) is 35. The number of nitrogens with zero attached hydrogens (tertiary/aromatic N) is 1. The summed E-state index contributed by atoms with van der Waals surface area (Å²) in [5.41, 5.74) is 0. The van der Waals surface area contributed by atoms with Gasteiger partial charge in [-0.3, -0.25) is 9.36 Å². The Labute approximate surface area is 447 Å². The molecular formula is C63H119N2O6P. The van der Waals surface area contributed by atoms with Crippen LogP contribution in [0.2, 0.25) is 0 Å². The molecule has 0 radical (unpaired) electrons. The minimum Gasteiger partial charge on any atom is -0.756 e. The summed E-state index contributed by atoms with van der Waals surface area (Å²) in [6.45, 7) is 4.62. The van der Waals surface area contributed by atoms with E-state index >= 15 is 0 Å². The third-order valence-corrected chi connectivity index (χ3v) is 14.6. The molecule has 0 rings (SSSR count). The van der Waals surface area contributed by atoms with Crippen LogP contribution in [0.1, 0.15) is 284 Å². The van der Waals surface area contributed by atoms with Crippen molar-refractivity contribution in [2.24, 2.45) is 0 Å². The number of likely N-dealkylation sites (N-methyl/N-ethyl adjacent to an activating group) is 1. The number of hydrogen-bond acceptors (Lipinski definition) is 6. The number of phosphoric acid groups is 1. The number of aliphatic hydroxyl groups is 1. The molecule has 0 aromatic heterocycles. The molecule has 9 heteroatoms. The molecule has 0 bridgehead atoms. The van der Waals surface area contributed by atoms with Crippen LogP contribution in [-0.4, -0.2) is 68.5 Å². The minimum atomic E-state index is -4.61. The van der Waals surface area contributed by atoms with Gasteiger partial charge in [-0.05, 0) is 77.0 Å². The molecule has 3 atom stereocenters. The highest BCUT2D eigenvalue weighted by Gasteiger charge is 2.23. The Morgan fingerprint density at radius 2 is 0.819 bits per heavy atom. The van der Waals surface area contributed by atoms with Gasteiger partial charge in [0.15, 0.2) is 0 Å².